The van der Waals surface area contributed by atoms with E-state index in [1.165, 1.54) is 25.9 Å². The molecule has 1 aromatic heterocycles. The number of aryl methyl sites for hydroxylation is 1. The van der Waals surface area contributed by atoms with Crippen LogP contribution in [0.25, 0.3) is 5.76 Å². The number of hydrogen-bond acceptors (Lipinski definition) is 9. The molecule has 6 N–H and O–H groups in total. The maximum absolute atomic E-state index is 13.6. The van der Waals surface area contributed by atoms with E-state index in [-0.39, 0.29) is 53.0 Å². The van der Waals surface area contributed by atoms with E-state index in [1.54, 1.807) is 0 Å². The number of halogens is 2. The minimum absolute atomic E-state index is 0. The third-order valence-electron chi connectivity index (χ3n) is 6.71. The van der Waals surface area contributed by atoms with E-state index in [4.69, 9.17) is 17.3 Å². The van der Waals surface area contributed by atoms with Crippen molar-refractivity contribution in [2.24, 2.45) is 17.6 Å². The molecule has 3 aliphatic carbocycles. The van der Waals surface area contributed by atoms with Crippen LogP contribution < -0.4 is 5.73 Å². The third-order valence-corrected chi connectivity index (χ3v) is 7.02. The van der Waals surface area contributed by atoms with Gasteiger partial charge in [0, 0.05) is 17.1 Å². The quantitative estimate of drug-likeness (QED) is 0.290. The van der Waals surface area contributed by atoms with E-state index < -0.39 is 58.0 Å². The van der Waals surface area contributed by atoms with E-state index in [2.05, 4.69) is 4.98 Å². The topological polar surface area (TPSA) is 174 Å². The summed E-state index contributed by atoms with van der Waals surface area (Å²) < 4.78 is 0. The van der Waals surface area contributed by atoms with Gasteiger partial charge in [-0.25, -0.2) is 4.98 Å². The molecule has 0 bridgehead atoms. The molecule has 3 aliphatic rings. The van der Waals surface area contributed by atoms with Crippen LogP contribution in [0.4, 0.5) is 0 Å². The van der Waals surface area contributed by atoms with Crippen molar-refractivity contribution < 1.29 is 34.8 Å². The Balaban J connectivity index is 0.00000306. The second-order valence-corrected chi connectivity index (χ2v) is 9.01. The minimum atomic E-state index is -2.66. The Bertz CT molecular complexity index is 1180. The molecular formula is C21H23Cl2N3O7. The van der Waals surface area contributed by atoms with Gasteiger partial charge in [0.1, 0.15) is 28.0 Å². The maximum atomic E-state index is 13.6. The van der Waals surface area contributed by atoms with Gasteiger partial charge in [-0.1, -0.05) is 11.6 Å². The SMILES string of the molecule is Cc1nc(Cl)c2c(c1O)C(O)=C1C(=O)[C@]3(O)C(O)=C(C(N)=O)C(=O)[C@@H](N(C)C)[C@@H]3C[C@@H]1C2.Cl. The first kappa shape index (κ1) is 25.0. The second-order valence-electron chi connectivity index (χ2n) is 8.65. The summed E-state index contributed by atoms with van der Waals surface area (Å²) in [5.41, 5.74) is 1.94. The first-order valence-corrected chi connectivity index (χ1v) is 10.2. The number of carbonyl (C=O) groups excluding carboxylic acids is 3. The van der Waals surface area contributed by atoms with E-state index in [0.29, 0.717) is 5.56 Å². The van der Waals surface area contributed by atoms with Crippen LogP contribution in [0.15, 0.2) is 16.9 Å². The first-order chi connectivity index (χ1) is 14.8. The number of nitrogens with zero attached hydrogens (tertiary/aromatic N) is 2. The van der Waals surface area contributed by atoms with Gasteiger partial charge in [-0.2, -0.15) is 0 Å². The predicted molar refractivity (Wildman–Crippen MR) is 119 cm³/mol. The molecule has 0 aromatic carbocycles. The number of hydrogen-bond donors (Lipinski definition) is 5. The molecule has 12 heteroatoms. The van der Waals surface area contributed by atoms with Crippen molar-refractivity contribution in [3.8, 4) is 5.75 Å². The van der Waals surface area contributed by atoms with E-state index in [9.17, 15) is 34.8 Å². The normalized spacial score (nSPS) is 28.8. The Labute approximate surface area is 199 Å². The Morgan fingerprint density at radius 1 is 1.24 bits per heavy atom. The fourth-order valence-electron chi connectivity index (χ4n) is 5.27. The molecule has 0 saturated heterocycles. The number of fused-ring (bicyclic) bond motifs is 3. The Morgan fingerprint density at radius 2 is 1.85 bits per heavy atom. The number of nitrogens with two attached hydrogens (primary N) is 1. The minimum Gasteiger partial charge on any atom is -0.508 e. The number of Topliss-reactive ketones (excluding diaryl/α,β-unsaturated/α-hetero) is 2. The monoisotopic (exact) mass is 499 g/mol. The highest BCUT2D eigenvalue weighted by Gasteiger charge is 2.64. The number of likely N-dealkylation sites (N-methyl/N-ethyl adjacent to an activating group) is 1. The number of pyridine rings is 1. The predicted octanol–water partition coefficient (Wildman–Crippen LogP) is 0.743. The molecule has 1 aromatic rings. The molecule has 4 atom stereocenters. The van der Waals surface area contributed by atoms with Crippen LogP contribution in [0.3, 0.4) is 0 Å². The molecular weight excluding hydrogens is 477 g/mol. The van der Waals surface area contributed by atoms with Gasteiger partial charge in [-0.3, -0.25) is 19.3 Å². The van der Waals surface area contributed by atoms with Crippen LogP contribution in [-0.2, 0) is 20.8 Å². The summed E-state index contributed by atoms with van der Waals surface area (Å²) in [7, 11) is 3.07. The molecule has 1 fully saturated rings. The summed E-state index contributed by atoms with van der Waals surface area (Å²) in [6.45, 7) is 1.47. The second kappa shape index (κ2) is 7.98. The van der Waals surface area contributed by atoms with Gasteiger partial charge in [0.25, 0.3) is 5.91 Å². The highest BCUT2D eigenvalue weighted by molar-refractivity contribution is 6.30. The van der Waals surface area contributed by atoms with Crippen molar-refractivity contribution in [2.45, 2.75) is 31.4 Å². The summed E-state index contributed by atoms with van der Waals surface area (Å²) in [5.74, 6) is -7.04. The highest BCUT2D eigenvalue weighted by atomic mass is 35.5. The van der Waals surface area contributed by atoms with Gasteiger partial charge in [0.2, 0.25) is 5.78 Å². The number of aliphatic hydroxyl groups is 3. The average molecular weight is 500 g/mol. The summed E-state index contributed by atoms with van der Waals surface area (Å²) in [4.78, 5) is 44.0. The molecule has 10 nitrogen and oxygen atoms in total. The Hall–Kier alpha value is -2.66. The number of aromatic nitrogens is 1. The van der Waals surface area contributed by atoms with Crippen molar-refractivity contribution in [3.05, 3.63) is 38.9 Å². The number of ketones is 2. The Morgan fingerprint density at radius 3 is 2.39 bits per heavy atom. The van der Waals surface area contributed by atoms with E-state index in [0.717, 1.165) is 0 Å². The standard InChI is InChI=1S/C21H22ClN3O7.ClH/c1-6-14(26)11-8(19(22)24-6)4-7-5-9-13(25(2)3)16(28)12(20(23)31)18(30)21(9,32)17(29)10(7)15(11)27;/h7,9,13,26-27,30,32H,4-5H2,1-3H3,(H2,23,31);1H/t7-,9-,13-,21-;/m0./s1. The van der Waals surface area contributed by atoms with Crippen molar-refractivity contribution in [1.29, 1.82) is 0 Å². The van der Waals surface area contributed by atoms with Crippen molar-refractivity contribution in [3.63, 3.8) is 0 Å². The van der Waals surface area contributed by atoms with Crippen LogP contribution >= 0.6 is 24.0 Å². The molecule has 4 rings (SSSR count). The smallest absolute Gasteiger partial charge is 0.255 e. The molecule has 0 unspecified atom stereocenters. The fourth-order valence-corrected chi connectivity index (χ4v) is 5.57. The van der Waals surface area contributed by atoms with Gasteiger partial charge in [0.05, 0.1) is 17.3 Å². The fraction of sp³-hybridized carbons (Fsp3) is 0.429. The molecule has 0 aliphatic heterocycles. The number of rotatable bonds is 2. The third kappa shape index (κ3) is 3.16. The van der Waals surface area contributed by atoms with Crippen molar-refractivity contribution >= 4 is 47.2 Å². The summed E-state index contributed by atoms with van der Waals surface area (Å²) in [6.07, 6.45) is 0.102. The van der Waals surface area contributed by atoms with Crippen LogP contribution in [-0.4, -0.2) is 73.5 Å². The van der Waals surface area contributed by atoms with E-state index >= 15 is 0 Å². The maximum Gasteiger partial charge on any atom is 0.255 e. The lowest BCUT2D eigenvalue weighted by Crippen LogP contribution is -2.65. The van der Waals surface area contributed by atoms with Crippen LogP contribution in [0.1, 0.15) is 23.2 Å². The highest BCUT2D eigenvalue weighted by Crippen LogP contribution is 2.53. The lowest BCUT2D eigenvalue weighted by Gasteiger charge is -2.50. The largest absolute Gasteiger partial charge is 0.508 e. The average Bonchev–Trinajstić information content (AvgIpc) is 2.68. The lowest BCUT2D eigenvalue weighted by atomic mass is 9.57. The van der Waals surface area contributed by atoms with Gasteiger partial charge in [0.15, 0.2) is 11.4 Å². The summed E-state index contributed by atoms with van der Waals surface area (Å²) in [5, 5.41) is 43.7. The number of amides is 1. The number of primary amides is 1. The summed E-state index contributed by atoms with van der Waals surface area (Å²) >= 11 is 6.25. The van der Waals surface area contributed by atoms with Crippen LogP contribution in [0, 0.1) is 18.8 Å². The lowest BCUT2D eigenvalue weighted by molar-refractivity contribution is -0.153. The summed E-state index contributed by atoms with van der Waals surface area (Å²) in [6, 6.07) is -1.13. The van der Waals surface area contributed by atoms with Gasteiger partial charge in [-0.15, -0.1) is 12.4 Å². The van der Waals surface area contributed by atoms with E-state index in [1.807, 2.05) is 0 Å². The molecule has 1 heterocycles. The zero-order valence-electron chi connectivity index (χ0n) is 17.9. The molecule has 1 saturated carbocycles. The first-order valence-electron chi connectivity index (χ1n) is 9.86. The van der Waals surface area contributed by atoms with Gasteiger partial charge >= 0.3 is 0 Å². The number of carbonyl (C=O) groups is 3. The van der Waals surface area contributed by atoms with Gasteiger partial charge in [-0.05, 0) is 39.8 Å². The van der Waals surface area contributed by atoms with Gasteiger partial charge < -0.3 is 26.2 Å². The molecule has 0 radical (unpaired) electrons. The molecule has 178 valence electrons. The van der Waals surface area contributed by atoms with Crippen LogP contribution in [0.2, 0.25) is 5.15 Å². The zero-order valence-corrected chi connectivity index (χ0v) is 19.5. The molecule has 33 heavy (non-hydrogen) atoms. The molecule has 0 spiro atoms. The van der Waals surface area contributed by atoms with Crippen molar-refractivity contribution in [1.82, 2.24) is 9.88 Å². The Kier molecular flexibility index (Phi) is 6.04. The zero-order chi connectivity index (χ0) is 23.9. The van der Waals surface area contributed by atoms with Crippen molar-refractivity contribution in [2.75, 3.05) is 14.1 Å². The van der Waals surface area contributed by atoms with Crippen LogP contribution in [0.5, 0.6) is 5.75 Å². The number of aliphatic hydroxyl groups excluding tert-OH is 2. The number of aromatic hydroxyl groups is 1. The molecule has 1 amide bonds.